The first-order chi connectivity index (χ1) is 13.8. The summed E-state index contributed by atoms with van der Waals surface area (Å²) in [4.78, 5) is 13.6. The van der Waals surface area contributed by atoms with Crippen LogP contribution in [0.25, 0.3) is 0 Å². The fraction of sp³-hybridized carbons (Fsp3) is 0.381. The summed E-state index contributed by atoms with van der Waals surface area (Å²) in [5, 5.41) is 4.51. The average molecular weight is 378 g/mol. The lowest BCUT2D eigenvalue weighted by atomic mass is 10.2. The Hall–Kier alpha value is -2.93. The van der Waals surface area contributed by atoms with Crippen LogP contribution in [-0.4, -0.2) is 57.4 Å². The second-order valence-electron chi connectivity index (χ2n) is 6.92. The van der Waals surface area contributed by atoms with Gasteiger partial charge in [0.05, 0.1) is 19.3 Å². The monoisotopic (exact) mass is 378 g/mol. The number of ether oxygens (including phenoxy) is 1. The first-order valence-electron chi connectivity index (χ1n) is 9.78. The minimum atomic E-state index is 0.613. The predicted octanol–water partition coefficient (Wildman–Crippen LogP) is 2.44. The van der Waals surface area contributed by atoms with Gasteiger partial charge in [0.15, 0.2) is 0 Å². The van der Waals surface area contributed by atoms with Gasteiger partial charge in [0.2, 0.25) is 11.8 Å². The summed E-state index contributed by atoms with van der Waals surface area (Å²) < 4.78 is 7.49. The van der Waals surface area contributed by atoms with Crippen molar-refractivity contribution in [3.63, 3.8) is 0 Å². The Bertz CT molecular complexity index is 873. The van der Waals surface area contributed by atoms with E-state index in [9.17, 15) is 0 Å². The highest BCUT2D eigenvalue weighted by molar-refractivity contribution is 5.32. The average Bonchev–Trinajstić information content (AvgIpc) is 3.16. The molecule has 1 aromatic carbocycles. The number of nitrogens with zero attached hydrogens (tertiary/aromatic N) is 6. The molecule has 0 radical (unpaired) electrons. The van der Waals surface area contributed by atoms with Crippen LogP contribution >= 0.6 is 0 Å². The molecule has 0 saturated carbocycles. The van der Waals surface area contributed by atoms with Crippen molar-refractivity contribution >= 4 is 5.95 Å². The molecule has 2 aromatic heterocycles. The Morgan fingerprint density at radius 1 is 0.964 bits per heavy atom. The lowest BCUT2D eigenvalue weighted by molar-refractivity contribution is 0.248. The summed E-state index contributed by atoms with van der Waals surface area (Å²) in [6.45, 7) is 8.08. The van der Waals surface area contributed by atoms with Gasteiger partial charge in [0.1, 0.15) is 0 Å². The first-order valence-corrected chi connectivity index (χ1v) is 9.78. The van der Waals surface area contributed by atoms with Crippen molar-refractivity contribution in [1.29, 1.82) is 0 Å². The van der Waals surface area contributed by atoms with Crippen LogP contribution in [0.3, 0.4) is 0 Å². The van der Waals surface area contributed by atoms with Crippen molar-refractivity contribution < 1.29 is 4.74 Å². The highest BCUT2D eigenvalue weighted by Crippen LogP contribution is 2.16. The third-order valence-electron chi connectivity index (χ3n) is 4.84. The Morgan fingerprint density at radius 3 is 2.57 bits per heavy atom. The van der Waals surface area contributed by atoms with E-state index in [-0.39, 0.29) is 0 Å². The lowest BCUT2D eigenvalue weighted by Crippen LogP contribution is -2.46. The van der Waals surface area contributed by atoms with E-state index in [0.29, 0.717) is 12.5 Å². The van der Waals surface area contributed by atoms with Gasteiger partial charge in [0.25, 0.3) is 0 Å². The van der Waals surface area contributed by atoms with E-state index in [1.165, 1.54) is 11.1 Å². The zero-order valence-electron chi connectivity index (χ0n) is 16.2. The second-order valence-corrected chi connectivity index (χ2v) is 6.92. The molecular weight excluding hydrogens is 352 g/mol. The fourth-order valence-electron chi connectivity index (χ4n) is 3.42. The molecular formula is C21H26N6O. The van der Waals surface area contributed by atoms with E-state index in [4.69, 9.17) is 4.74 Å². The number of hydrogen-bond donors (Lipinski definition) is 0. The van der Waals surface area contributed by atoms with Crippen molar-refractivity contribution in [2.45, 2.75) is 20.0 Å². The van der Waals surface area contributed by atoms with Crippen molar-refractivity contribution in [2.24, 2.45) is 0 Å². The topological polar surface area (TPSA) is 59.3 Å². The highest BCUT2D eigenvalue weighted by Gasteiger charge is 2.20. The molecule has 0 amide bonds. The summed E-state index contributed by atoms with van der Waals surface area (Å²) >= 11 is 0. The first kappa shape index (κ1) is 18.4. The Morgan fingerprint density at radius 2 is 1.79 bits per heavy atom. The summed E-state index contributed by atoms with van der Waals surface area (Å²) in [5.41, 5.74) is 2.51. The molecule has 4 rings (SSSR count). The Balaban J connectivity index is 1.29. The SMILES string of the molecule is CCOc1ccnc(N2CCN(Cc3cnn(Cc4ccccc4)c3)CC2)n1. The van der Waals surface area contributed by atoms with Gasteiger partial charge in [-0.15, -0.1) is 0 Å². The van der Waals surface area contributed by atoms with Crippen LogP contribution in [0.1, 0.15) is 18.1 Å². The van der Waals surface area contributed by atoms with Crippen LogP contribution in [0.4, 0.5) is 5.95 Å². The van der Waals surface area contributed by atoms with Gasteiger partial charge >= 0.3 is 0 Å². The zero-order chi connectivity index (χ0) is 19.2. The van der Waals surface area contributed by atoms with Crippen LogP contribution in [0.2, 0.25) is 0 Å². The Labute approximate surface area is 165 Å². The summed E-state index contributed by atoms with van der Waals surface area (Å²) in [6.07, 6.45) is 5.89. The van der Waals surface area contributed by atoms with Gasteiger partial charge in [-0.3, -0.25) is 9.58 Å². The molecule has 28 heavy (non-hydrogen) atoms. The van der Waals surface area contributed by atoms with Crippen LogP contribution in [-0.2, 0) is 13.1 Å². The summed E-state index contributed by atoms with van der Waals surface area (Å²) in [6, 6.07) is 12.2. The molecule has 0 spiro atoms. The van der Waals surface area contributed by atoms with Gasteiger partial charge in [-0.1, -0.05) is 30.3 Å². The number of aromatic nitrogens is 4. The van der Waals surface area contributed by atoms with Gasteiger partial charge in [-0.2, -0.15) is 10.1 Å². The maximum absolute atomic E-state index is 5.48. The van der Waals surface area contributed by atoms with Gasteiger partial charge < -0.3 is 9.64 Å². The van der Waals surface area contributed by atoms with Crippen molar-refractivity contribution in [2.75, 3.05) is 37.7 Å². The molecule has 7 heteroatoms. The molecule has 3 aromatic rings. The Kier molecular flexibility index (Phi) is 5.82. The molecule has 0 bridgehead atoms. The number of benzene rings is 1. The van der Waals surface area contributed by atoms with E-state index in [2.05, 4.69) is 55.3 Å². The largest absolute Gasteiger partial charge is 0.478 e. The van der Waals surface area contributed by atoms with Crippen molar-refractivity contribution in [1.82, 2.24) is 24.6 Å². The molecule has 3 heterocycles. The third-order valence-corrected chi connectivity index (χ3v) is 4.84. The van der Waals surface area contributed by atoms with Crippen molar-refractivity contribution in [3.05, 3.63) is 66.1 Å². The molecule has 0 aliphatic carbocycles. The van der Waals surface area contributed by atoms with Gasteiger partial charge in [0, 0.05) is 56.7 Å². The number of hydrogen-bond acceptors (Lipinski definition) is 6. The van der Waals surface area contributed by atoms with E-state index in [1.54, 1.807) is 12.3 Å². The molecule has 1 aliphatic heterocycles. The van der Waals surface area contributed by atoms with E-state index >= 15 is 0 Å². The molecule has 0 atom stereocenters. The standard InChI is InChI=1S/C21H26N6O/c1-2-28-20-8-9-22-21(24-20)26-12-10-25(11-13-26)15-19-14-23-27(17-19)16-18-6-4-3-5-7-18/h3-9,14,17H,2,10-13,15-16H2,1H3. The molecule has 1 saturated heterocycles. The maximum atomic E-state index is 5.48. The highest BCUT2D eigenvalue weighted by atomic mass is 16.5. The van der Waals surface area contributed by atoms with E-state index in [1.807, 2.05) is 23.9 Å². The fourth-order valence-corrected chi connectivity index (χ4v) is 3.42. The van der Waals surface area contributed by atoms with Gasteiger partial charge in [-0.05, 0) is 12.5 Å². The minimum absolute atomic E-state index is 0.613. The van der Waals surface area contributed by atoms with Crippen molar-refractivity contribution in [3.8, 4) is 5.88 Å². The van der Waals surface area contributed by atoms with Crippen LogP contribution in [0, 0.1) is 0 Å². The van der Waals surface area contributed by atoms with Crippen LogP contribution in [0.5, 0.6) is 5.88 Å². The predicted molar refractivity (Wildman–Crippen MR) is 108 cm³/mol. The molecule has 7 nitrogen and oxygen atoms in total. The zero-order valence-corrected chi connectivity index (χ0v) is 16.2. The summed E-state index contributed by atoms with van der Waals surface area (Å²) in [7, 11) is 0. The number of rotatable bonds is 7. The van der Waals surface area contributed by atoms with E-state index < -0.39 is 0 Å². The second kappa shape index (κ2) is 8.84. The lowest BCUT2D eigenvalue weighted by Gasteiger charge is -2.34. The smallest absolute Gasteiger partial charge is 0.228 e. The van der Waals surface area contributed by atoms with E-state index in [0.717, 1.165) is 45.2 Å². The normalized spacial score (nSPS) is 15.0. The number of piperazine rings is 1. The minimum Gasteiger partial charge on any atom is -0.478 e. The molecule has 0 unspecified atom stereocenters. The summed E-state index contributed by atoms with van der Waals surface area (Å²) in [5.74, 6) is 1.39. The third kappa shape index (κ3) is 4.67. The maximum Gasteiger partial charge on any atom is 0.228 e. The molecule has 0 N–H and O–H groups in total. The molecule has 146 valence electrons. The molecule has 1 fully saturated rings. The van der Waals surface area contributed by atoms with Gasteiger partial charge in [-0.25, -0.2) is 4.98 Å². The van der Waals surface area contributed by atoms with Crippen LogP contribution in [0.15, 0.2) is 55.0 Å². The number of anilines is 1. The quantitative estimate of drug-likeness (QED) is 0.629. The molecule has 1 aliphatic rings. The van der Waals surface area contributed by atoms with Crippen LogP contribution < -0.4 is 9.64 Å².